The van der Waals surface area contributed by atoms with E-state index in [2.05, 4.69) is 15.3 Å². The van der Waals surface area contributed by atoms with Gasteiger partial charge in [0, 0.05) is 31.4 Å². The number of rotatable bonds is 3. The zero-order valence-electron chi connectivity index (χ0n) is 11.1. The van der Waals surface area contributed by atoms with Gasteiger partial charge >= 0.3 is 17.9 Å². The van der Waals surface area contributed by atoms with Crippen LogP contribution in [0.2, 0.25) is 0 Å². The van der Waals surface area contributed by atoms with E-state index in [-0.39, 0.29) is 5.92 Å². The Hall–Kier alpha value is -1.89. The molecule has 1 aliphatic rings. The number of carboxylic acids is 1. The lowest BCUT2D eigenvalue weighted by atomic mass is 10.0. The molecule has 1 aromatic rings. The number of carboxylic acid groups (broad SMARTS) is 1. The summed E-state index contributed by atoms with van der Waals surface area (Å²) in [7, 11) is -4.58. The SMILES string of the molecule is O=C(O)C(F)(F)F.O=S(=O)(c1cnc(C2CNC2)nc1)C(F)F. The predicted octanol–water partition coefficient (Wildman–Crippen LogP) is 0.793. The van der Waals surface area contributed by atoms with E-state index in [4.69, 9.17) is 9.90 Å². The summed E-state index contributed by atoms with van der Waals surface area (Å²) < 4.78 is 78.2. The Bertz CT molecular complexity index is 643. The zero-order chi connectivity index (χ0) is 17.8. The summed E-state index contributed by atoms with van der Waals surface area (Å²) in [4.78, 5) is 15.9. The van der Waals surface area contributed by atoms with E-state index >= 15 is 0 Å². The van der Waals surface area contributed by atoms with Gasteiger partial charge in [-0.15, -0.1) is 0 Å². The second-order valence-electron chi connectivity index (χ2n) is 4.24. The van der Waals surface area contributed by atoms with Gasteiger partial charge in [0.05, 0.1) is 0 Å². The van der Waals surface area contributed by atoms with Crippen LogP contribution in [0.4, 0.5) is 22.0 Å². The van der Waals surface area contributed by atoms with E-state index in [0.717, 1.165) is 25.5 Å². The minimum absolute atomic E-state index is 0.142. The molecule has 2 rings (SSSR count). The number of aromatic nitrogens is 2. The van der Waals surface area contributed by atoms with Crippen LogP contribution < -0.4 is 5.32 Å². The smallest absolute Gasteiger partial charge is 0.475 e. The predicted molar refractivity (Wildman–Crippen MR) is 64.5 cm³/mol. The average molecular weight is 363 g/mol. The molecular weight excluding hydrogens is 353 g/mol. The van der Waals surface area contributed by atoms with Gasteiger partial charge in [-0.25, -0.2) is 23.2 Å². The standard InChI is InChI=1S/C8H9F2N3O2S.C2HF3O2/c9-8(10)16(14,15)6-3-12-7(13-4-6)5-1-11-2-5;3-2(4,5)1(6)7/h3-5,8,11H,1-2H2;(H,6,7). The summed E-state index contributed by atoms with van der Waals surface area (Å²) in [5.74, 6) is -5.57. The van der Waals surface area contributed by atoms with Crippen molar-refractivity contribution >= 4 is 15.8 Å². The number of alkyl halides is 5. The monoisotopic (exact) mass is 363 g/mol. The highest BCUT2D eigenvalue weighted by molar-refractivity contribution is 7.91. The molecule has 23 heavy (non-hydrogen) atoms. The molecule has 13 heteroatoms. The molecule has 0 bridgehead atoms. The minimum Gasteiger partial charge on any atom is -0.475 e. The quantitative estimate of drug-likeness (QED) is 0.764. The molecule has 2 heterocycles. The van der Waals surface area contributed by atoms with E-state index in [9.17, 15) is 30.4 Å². The third kappa shape index (κ3) is 5.06. The van der Waals surface area contributed by atoms with Gasteiger partial charge in [0.2, 0.25) is 9.84 Å². The van der Waals surface area contributed by atoms with Crippen molar-refractivity contribution in [1.29, 1.82) is 0 Å². The third-order valence-electron chi connectivity index (χ3n) is 2.60. The molecule has 1 saturated heterocycles. The minimum atomic E-state index is -5.08. The van der Waals surface area contributed by atoms with Crippen LogP contribution in [-0.2, 0) is 14.6 Å². The van der Waals surface area contributed by atoms with Crippen molar-refractivity contribution in [2.45, 2.75) is 22.7 Å². The molecule has 1 aromatic heterocycles. The van der Waals surface area contributed by atoms with Crippen molar-refractivity contribution in [3.8, 4) is 0 Å². The van der Waals surface area contributed by atoms with Crippen LogP contribution in [0.15, 0.2) is 17.3 Å². The molecule has 0 atom stereocenters. The number of nitrogens with one attached hydrogen (secondary N) is 1. The van der Waals surface area contributed by atoms with Gasteiger partial charge in [0.1, 0.15) is 10.7 Å². The Kier molecular flexibility index (Phi) is 5.93. The Balaban J connectivity index is 0.000000322. The maximum atomic E-state index is 12.2. The lowest BCUT2D eigenvalue weighted by Gasteiger charge is -2.25. The van der Waals surface area contributed by atoms with Crippen LogP contribution in [0.1, 0.15) is 11.7 Å². The Morgan fingerprint density at radius 1 is 1.26 bits per heavy atom. The molecule has 0 radical (unpaired) electrons. The number of halogens is 5. The summed E-state index contributed by atoms with van der Waals surface area (Å²) in [6.45, 7) is 1.45. The van der Waals surface area contributed by atoms with E-state index in [1.807, 2.05) is 0 Å². The highest BCUT2D eigenvalue weighted by Gasteiger charge is 2.38. The van der Waals surface area contributed by atoms with Crippen LogP contribution in [0, 0.1) is 0 Å². The first-order valence-corrected chi connectivity index (χ1v) is 7.35. The van der Waals surface area contributed by atoms with Crippen LogP contribution in [0.25, 0.3) is 0 Å². The molecule has 1 fully saturated rings. The fraction of sp³-hybridized carbons (Fsp3) is 0.500. The number of aliphatic carboxylic acids is 1. The summed E-state index contributed by atoms with van der Waals surface area (Å²) in [5.41, 5.74) is 0. The normalized spacial score (nSPS) is 15.6. The van der Waals surface area contributed by atoms with Crippen molar-refractivity contribution in [3.05, 3.63) is 18.2 Å². The Labute approximate surface area is 126 Å². The van der Waals surface area contributed by atoms with Crippen molar-refractivity contribution in [1.82, 2.24) is 15.3 Å². The van der Waals surface area contributed by atoms with Crippen LogP contribution >= 0.6 is 0 Å². The molecule has 0 spiro atoms. The zero-order valence-corrected chi connectivity index (χ0v) is 11.9. The molecule has 130 valence electrons. The van der Waals surface area contributed by atoms with E-state index in [0.29, 0.717) is 5.82 Å². The highest BCUT2D eigenvalue weighted by atomic mass is 32.2. The maximum Gasteiger partial charge on any atom is 0.490 e. The molecular formula is C10H10F5N3O4S. The molecule has 0 aliphatic carbocycles. The molecule has 1 aliphatic heterocycles. The molecule has 7 nitrogen and oxygen atoms in total. The second kappa shape index (κ2) is 7.12. The number of hydrogen-bond acceptors (Lipinski definition) is 6. The summed E-state index contributed by atoms with van der Waals surface area (Å²) in [6, 6.07) is 0. The molecule has 0 saturated carbocycles. The number of nitrogens with zero attached hydrogens (tertiary/aromatic N) is 2. The Morgan fingerprint density at radius 3 is 1.96 bits per heavy atom. The molecule has 2 N–H and O–H groups in total. The van der Waals surface area contributed by atoms with Gasteiger partial charge < -0.3 is 10.4 Å². The van der Waals surface area contributed by atoms with Crippen molar-refractivity contribution in [2.75, 3.05) is 13.1 Å². The lowest BCUT2D eigenvalue weighted by Crippen LogP contribution is -2.40. The molecule has 0 unspecified atom stereocenters. The van der Waals surface area contributed by atoms with Crippen LogP contribution in [0.3, 0.4) is 0 Å². The number of hydrogen-bond donors (Lipinski definition) is 2. The number of carbonyl (C=O) groups is 1. The van der Waals surface area contributed by atoms with E-state index in [1.54, 1.807) is 0 Å². The second-order valence-corrected chi connectivity index (χ2v) is 6.16. The topological polar surface area (TPSA) is 109 Å². The first kappa shape index (κ1) is 19.2. The fourth-order valence-electron chi connectivity index (χ4n) is 1.26. The lowest BCUT2D eigenvalue weighted by molar-refractivity contribution is -0.192. The summed E-state index contributed by atoms with van der Waals surface area (Å²) in [5, 5.41) is 10.1. The van der Waals surface area contributed by atoms with Gasteiger partial charge in [-0.2, -0.15) is 22.0 Å². The highest BCUT2D eigenvalue weighted by Crippen LogP contribution is 2.19. The van der Waals surface area contributed by atoms with Gasteiger partial charge in [-0.1, -0.05) is 0 Å². The van der Waals surface area contributed by atoms with Crippen LogP contribution in [-0.4, -0.2) is 54.5 Å². The first-order chi connectivity index (χ1) is 10.5. The van der Waals surface area contributed by atoms with Gasteiger partial charge in [-0.05, 0) is 0 Å². The van der Waals surface area contributed by atoms with E-state index < -0.39 is 32.6 Å². The first-order valence-electron chi connectivity index (χ1n) is 5.81. The van der Waals surface area contributed by atoms with Gasteiger partial charge in [0.25, 0.3) is 0 Å². The van der Waals surface area contributed by atoms with E-state index in [1.165, 1.54) is 0 Å². The average Bonchev–Trinajstić information content (AvgIpc) is 2.36. The van der Waals surface area contributed by atoms with Gasteiger partial charge in [0.15, 0.2) is 0 Å². The third-order valence-corrected chi connectivity index (χ3v) is 3.94. The summed E-state index contributed by atoms with van der Waals surface area (Å²) in [6.07, 6.45) is -3.22. The number of sulfone groups is 1. The Morgan fingerprint density at radius 2 is 1.70 bits per heavy atom. The van der Waals surface area contributed by atoms with Crippen LogP contribution in [0.5, 0.6) is 0 Å². The van der Waals surface area contributed by atoms with Crippen molar-refractivity contribution in [2.24, 2.45) is 0 Å². The summed E-state index contributed by atoms with van der Waals surface area (Å²) >= 11 is 0. The fourth-order valence-corrected chi connectivity index (χ4v) is 1.86. The van der Waals surface area contributed by atoms with Crippen molar-refractivity contribution < 1.29 is 40.3 Å². The van der Waals surface area contributed by atoms with Crippen molar-refractivity contribution in [3.63, 3.8) is 0 Å². The largest absolute Gasteiger partial charge is 0.490 e. The maximum absolute atomic E-state index is 12.2. The molecule has 0 aromatic carbocycles. The van der Waals surface area contributed by atoms with Gasteiger partial charge in [-0.3, -0.25) is 0 Å². The molecule has 0 amide bonds.